The average Bonchev–Trinajstić information content (AvgIpc) is 3.36. The molecule has 3 aromatic rings. The number of rotatable bonds is 4. The summed E-state index contributed by atoms with van der Waals surface area (Å²) in [5.41, 5.74) is 5.71. The summed E-state index contributed by atoms with van der Waals surface area (Å²) in [6.45, 7) is 2.47. The Morgan fingerprint density at radius 1 is 1.21 bits per heavy atom. The van der Waals surface area contributed by atoms with E-state index in [9.17, 15) is 4.79 Å². The monoisotopic (exact) mass is 389 g/mol. The first-order valence-corrected chi connectivity index (χ1v) is 10.2. The number of benzene rings is 1. The third-order valence-electron chi connectivity index (χ3n) is 5.66. The van der Waals surface area contributed by atoms with Gasteiger partial charge in [0.25, 0.3) is 5.91 Å². The number of carbonyl (C=O) groups excluding carboxylic acids is 1. The van der Waals surface area contributed by atoms with E-state index < -0.39 is 0 Å². The van der Waals surface area contributed by atoms with Gasteiger partial charge in [0.2, 0.25) is 0 Å². The summed E-state index contributed by atoms with van der Waals surface area (Å²) >= 11 is 0. The van der Waals surface area contributed by atoms with E-state index in [0.29, 0.717) is 12.2 Å². The maximum atomic E-state index is 12.6. The molecule has 0 radical (unpaired) electrons. The molecule has 0 saturated heterocycles. The highest BCUT2D eigenvalue weighted by Gasteiger charge is 2.27. The highest BCUT2D eigenvalue weighted by molar-refractivity contribution is 5.93. The third kappa shape index (κ3) is 3.50. The second-order valence-electron chi connectivity index (χ2n) is 7.84. The summed E-state index contributed by atoms with van der Waals surface area (Å²) in [6, 6.07) is 10.2. The molecule has 148 valence electrons. The molecule has 1 aromatic carbocycles. The largest absolute Gasteiger partial charge is 0.488 e. The van der Waals surface area contributed by atoms with E-state index in [1.165, 1.54) is 0 Å². The number of aromatic nitrogens is 2. The van der Waals surface area contributed by atoms with Crippen molar-refractivity contribution >= 4 is 5.91 Å². The summed E-state index contributed by atoms with van der Waals surface area (Å²) in [6.07, 6.45) is 6.45. The number of amides is 1. The van der Waals surface area contributed by atoms with Crippen molar-refractivity contribution in [3.05, 3.63) is 64.7 Å². The minimum absolute atomic E-state index is 0.0853. The SMILES string of the molecule is Cc1ccc(-c2ccc3c(c2)C[C@@H](CNC(=O)c2noc4c2CCCC4)O3)nc1. The van der Waals surface area contributed by atoms with Gasteiger partial charge in [0, 0.05) is 30.2 Å². The zero-order valence-electron chi connectivity index (χ0n) is 16.4. The van der Waals surface area contributed by atoms with Crippen molar-refractivity contribution in [2.75, 3.05) is 6.54 Å². The van der Waals surface area contributed by atoms with Crippen LogP contribution < -0.4 is 10.1 Å². The normalized spacial score (nSPS) is 17.3. The quantitative estimate of drug-likeness (QED) is 0.737. The Labute approximate surface area is 169 Å². The van der Waals surface area contributed by atoms with Gasteiger partial charge in [-0.15, -0.1) is 0 Å². The van der Waals surface area contributed by atoms with E-state index >= 15 is 0 Å². The molecular weight excluding hydrogens is 366 g/mol. The summed E-state index contributed by atoms with van der Waals surface area (Å²) < 4.78 is 11.4. The fraction of sp³-hybridized carbons (Fsp3) is 0.348. The molecule has 0 bridgehead atoms. The van der Waals surface area contributed by atoms with Crippen molar-refractivity contribution in [3.8, 4) is 17.0 Å². The van der Waals surface area contributed by atoms with Crippen LogP contribution in [0.2, 0.25) is 0 Å². The molecular formula is C23H23N3O3. The smallest absolute Gasteiger partial charge is 0.273 e. The highest BCUT2D eigenvalue weighted by atomic mass is 16.5. The minimum Gasteiger partial charge on any atom is -0.488 e. The average molecular weight is 389 g/mol. The van der Waals surface area contributed by atoms with Gasteiger partial charge in [-0.3, -0.25) is 9.78 Å². The predicted octanol–water partition coefficient (Wildman–Crippen LogP) is 3.66. The van der Waals surface area contributed by atoms with Gasteiger partial charge in [0.1, 0.15) is 17.6 Å². The van der Waals surface area contributed by atoms with E-state index in [4.69, 9.17) is 9.26 Å². The molecule has 29 heavy (non-hydrogen) atoms. The Morgan fingerprint density at radius 3 is 2.97 bits per heavy atom. The molecule has 1 amide bonds. The van der Waals surface area contributed by atoms with Crippen molar-refractivity contribution in [1.82, 2.24) is 15.5 Å². The van der Waals surface area contributed by atoms with E-state index in [0.717, 1.165) is 71.6 Å². The molecule has 1 aliphatic carbocycles. The first kappa shape index (κ1) is 17.9. The van der Waals surface area contributed by atoms with Gasteiger partial charge in [-0.05, 0) is 61.6 Å². The Kier molecular flexibility index (Phi) is 4.54. The van der Waals surface area contributed by atoms with Crippen LogP contribution in [0.1, 0.15) is 45.8 Å². The maximum absolute atomic E-state index is 12.6. The lowest BCUT2D eigenvalue weighted by Crippen LogP contribution is -2.35. The topological polar surface area (TPSA) is 77.2 Å². The van der Waals surface area contributed by atoms with Crippen LogP contribution in [0, 0.1) is 6.92 Å². The molecule has 2 aliphatic rings. The molecule has 0 unspecified atom stereocenters. The van der Waals surface area contributed by atoms with Crippen LogP contribution in [0.5, 0.6) is 5.75 Å². The lowest BCUT2D eigenvalue weighted by atomic mass is 9.96. The molecule has 5 rings (SSSR count). The van der Waals surface area contributed by atoms with E-state index in [1.807, 2.05) is 31.3 Å². The number of nitrogens with one attached hydrogen (secondary N) is 1. The first-order valence-electron chi connectivity index (χ1n) is 10.2. The Balaban J connectivity index is 1.23. The van der Waals surface area contributed by atoms with E-state index in [2.05, 4.69) is 27.6 Å². The van der Waals surface area contributed by atoms with Crippen LogP contribution in [-0.4, -0.2) is 28.7 Å². The number of hydrogen-bond acceptors (Lipinski definition) is 5. The molecule has 0 fully saturated rings. The third-order valence-corrected chi connectivity index (χ3v) is 5.66. The molecule has 1 atom stereocenters. The highest BCUT2D eigenvalue weighted by Crippen LogP contribution is 2.32. The standard InChI is InChI=1S/C23H23N3O3/c1-14-6-8-19(24-12-14)15-7-9-20-16(10-15)11-17(28-20)13-25-23(27)22-18-4-2-3-5-21(18)29-26-22/h6-10,12,17H,2-5,11,13H2,1H3,(H,25,27)/t17-/m0/s1. The second-order valence-corrected chi connectivity index (χ2v) is 7.84. The summed E-state index contributed by atoms with van der Waals surface area (Å²) in [5.74, 6) is 1.56. The molecule has 3 heterocycles. The maximum Gasteiger partial charge on any atom is 0.273 e. The lowest BCUT2D eigenvalue weighted by molar-refractivity contribution is 0.0923. The van der Waals surface area contributed by atoms with Crippen molar-refractivity contribution in [3.63, 3.8) is 0 Å². The molecule has 0 spiro atoms. The first-order chi connectivity index (χ1) is 14.2. The van der Waals surface area contributed by atoms with Gasteiger partial charge >= 0.3 is 0 Å². The van der Waals surface area contributed by atoms with E-state index in [1.54, 1.807) is 0 Å². The number of nitrogens with zero attached hydrogens (tertiary/aromatic N) is 2. The number of carbonyl (C=O) groups is 1. The molecule has 1 aliphatic heterocycles. The number of pyridine rings is 1. The zero-order valence-corrected chi connectivity index (χ0v) is 16.4. The van der Waals surface area contributed by atoms with Gasteiger partial charge < -0.3 is 14.6 Å². The minimum atomic E-state index is -0.180. The van der Waals surface area contributed by atoms with Crippen LogP contribution in [0.3, 0.4) is 0 Å². The molecule has 6 heteroatoms. The summed E-state index contributed by atoms with van der Waals surface area (Å²) in [7, 11) is 0. The Hall–Kier alpha value is -3.15. The fourth-order valence-electron chi connectivity index (χ4n) is 4.09. The number of ether oxygens (including phenoxy) is 1. The zero-order chi connectivity index (χ0) is 19.8. The molecule has 1 N–H and O–H groups in total. The van der Waals surface area contributed by atoms with Gasteiger partial charge in [-0.25, -0.2) is 0 Å². The van der Waals surface area contributed by atoms with Gasteiger partial charge in [0.15, 0.2) is 5.69 Å². The van der Waals surface area contributed by atoms with Crippen molar-refractivity contribution in [2.45, 2.75) is 45.1 Å². The van der Waals surface area contributed by atoms with Gasteiger partial charge in [-0.2, -0.15) is 0 Å². The van der Waals surface area contributed by atoms with Crippen LogP contribution >= 0.6 is 0 Å². The van der Waals surface area contributed by atoms with Crippen molar-refractivity contribution in [2.24, 2.45) is 0 Å². The lowest BCUT2D eigenvalue weighted by Gasteiger charge is -2.12. The molecule has 0 saturated carbocycles. The Bertz CT molecular complexity index is 1060. The number of fused-ring (bicyclic) bond motifs is 2. The number of aryl methyl sites for hydroxylation is 2. The van der Waals surface area contributed by atoms with Crippen LogP contribution in [-0.2, 0) is 19.3 Å². The number of hydrogen-bond donors (Lipinski definition) is 1. The van der Waals surface area contributed by atoms with Crippen LogP contribution in [0.4, 0.5) is 0 Å². The van der Waals surface area contributed by atoms with Crippen LogP contribution in [0.25, 0.3) is 11.3 Å². The van der Waals surface area contributed by atoms with E-state index in [-0.39, 0.29) is 12.0 Å². The van der Waals surface area contributed by atoms with Crippen molar-refractivity contribution in [1.29, 1.82) is 0 Å². The summed E-state index contributed by atoms with van der Waals surface area (Å²) in [4.78, 5) is 17.1. The fourth-order valence-corrected chi connectivity index (χ4v) is 4.09. The molecule has 2 aromatic heterocycles. The predicted molar refractivity (Wildman–Crippen MR) is 108 cm³/mol. The van der Waals surface area contributed by atoms with Crippen LogP contribution in [0.15, 0.2) is 41.1 Å². The Morgan fingerprint density at radius 2 is 2.10 bits per heavy atom. The van der Waals surface area contributed by atoms with Gasteiger partial charge in [-0.1, -0.05) is 11.2 Å². The molecule has 6 nitrogen and oxygen atoms in total. The second kappa shape index (κ2) is 7.35. The van der Waals surface area contributed by atoms with Crippen molar-refractivity contribution < 1.29 is 14.1 Å². The van der Waals surface area contributed by atoms with Gasteiger partial charge in [0.05, 0.1) is 12.2 Å². The summed E-state index contributed by atoms with van der Waals surface area (Å²) in [5, 5.41) is 6.96.